The number of carbonyl (C=O) groups excluding carboxylic acids is 3. The number of hydrogen-bond donors (Lipinski definition) is 2. The van der Waals surface area contributed by atoms with Gasteiger partial charge in [-0.05, 0) is 30.5 Å². The summed E-state index contributed by atoms with van der Waals surface area (Å²) in [6.45, 7) is 1.62. The molecule has 0 saturated carbocycles. The Morgan fingerprint density at radius 2 is 1.83 bits per heavy atom. The molecular weight excluding hydrogens is 423 g/mol. The molecule has 1 aromatic carbocycles. The van der Waals surface area contributed by atoms with Crippen molar-refractivity contribution < 1.29 is 32.3 Å². The number of aromatic nitrogens is 1. The van der Waals surface area contributed by atoms with E-state index >= 15 is 0 Å². The summed E-state index contributed by atoms with van der Waals surface area (Å²) < 4.78 is 44.2. The number of amides is 3. The number of alkyl halides is 3. The molecule has 30 heavy (non-hydrogen) atoms. The number of carbonyl (C=O) groups is 3. The average Bonchev–Trinajstić information content (AvgIpc) is 3.14. The molecule has 3 amide bonds. The molecule has 0 bridgehead atoms. The molecule has 0 unspecified atom stereocenters. The van der Waals surface area contributed by atoms with Crippen molar-refractivity contribution in [1.82, 2.24) is 10.3 Å². The van der Waals surface area contributed by atoms with Gasteiger partial charge in [-0.2, -0.15) is 13.2 Å². The number of imide groups is 1. The molecule has 0 aliphatic rings. The van der Waals surface area contributed by atoms with Crippen molar-refractivity contribution in [3.63, 3.8) is 0 Å². The Bertz CT molecular complexity index is 1130. The smallest absolute Gasteiger partial charge is 0.433 e. The maximum Gasteiger partial charge on any atom is 0.433 e. The summed E-state index contributed by atoms with van der Waals surface area (Å²) >= 11 is 0.974. The van der Waals surface area contributed by atoms with Crippen molar-refractivity contribution in [2.24, 2.45) is 0 Å². The van der Waals surface area contributed by atoms with E-state index < -0.39 is 29.8 Å². The predicted molar refractivity (Wildman–Crippen MR) is 104 cm³/mol. The maximum absolute atomic E-state index is 13.2. The van der Waals surface area contributed by atoms with Gasteiger partial charge in [0.1, 0.15) is 10.7 Å². The topological polar surface area (TPSA) is 97.4 Å². The van der Waals surface area contributed by atoms with Gasteiger partial charge in [0.25, 0.3) is 11.8 Å². The number of ether oxygens (including phenoxy) is 1. The number of para-hydroxylation sites is 1. The fraction of sp³-hybridized carbons (Fsp3) is 0.158. The normalized spacial score (nSPS) is 11.2. The summed E-state index contributed by atoms with van der Waals surface area (Å²) in [5, 5.41) is 6.20. The zero-order valence-corrected chi connectivity index (χ0v) is 16.2. The fourth-order valence-electron chi connectivity index (χ4n) is 2.59. The van der Waals surface area contributed by atoms with Gasteiger partial charge in [0.05, 0.1) is 23.3 Å². The summed E-state index contributed by atoms with van der Waals surface area (Å²) in [5.74, 6) is -1.67. The summed E-state index contributed by atoms with van der Waals surface area (Å²) in [7, 11) is 0. The third-order valence-electron chi connectivity index (χ3n) is 3.88. The molecular formula is C19H14F3N3O4S. The molecule has 0 fully saturated rings. The lowest BCUT2D eigenvalue weighted by molar-refractivity contribution is -0.141. The largest absolute Gasteiger partial charge is 0.450 e. The number of thiophene rings is 1. The molecule has 0 aliphatic carbocycles. The molecule has 3 aromatic rings. The monoisotopic (exact) mass is 437 g/mol. The van der Waals surface area contributed by atoms with Crippen molar-refractivity contribution in [2.75, 3.05) is 11.9 Å². The number of benzene rings is 1. The number of halogens is 3. The molecule has 0 radical (unpaired) electrons. The first-order valence-electron chi connectivity index (χ1n) is 8.54. The molecule has 11 heteroatoms. The minimum atomic E-state index is -4.74. The molecule has 7 nitrogen and oxygen atoms in total. The van der Waals surface area contributed by atoms with Crippen LogP contribution in [0.5, 0.6) is 0 Å². The second kappa shape index (κ2) is 8.49. The number of pyridine rings is 1. The zero-order valence-electron chi connectivity index (χ0n) is 15.4. The van der Waals surface area contributed by atoms with Gasteiger partial charge in [-0.15, -0.1) is 11.3 Å². The summed E-state index contributed by atoms with van der Waals surface area (Å²) in [5.41, 5.74) is -1.49. The third kappa shape index (κ3) is 4.57. The number of alkyl carbamates (subject to hydrolysis) is 1. The third-order valence-corrected chi connectivity index (χ3v) is 4.71. The average molecular weight is 437 g/mol. The van der Waals surface area contributed by atoms with Crippen LogP contribution < -0.4 is 10.6 Å². The Kier molecular flexibility index (Phi) is 6.01. The van der Waals surface area contributed by atoms with Crippen molar-refractivity contribution in [3.8, 4) is 0 Å². The number of anilines is 1. The van der Waals surface area contributed by atoms with Crippen LogP contribution in [0.15, 0.2) is 41.8 Å². The molecule has 0 atom stereocenters. The van der Waals surface area contributed by atoms with Crippen LogP contribution in [0.25, 0.3) is 10.9 Å². The van der Waals surface area contributed by atoms with E-state index in [0.717, 1.165) is 11.3 Å². The number of rotatable bonds is 4. The lowest BCUT2D eigenvalue weighted by Gasteiger charge is -2.12. The Morgan fingerprint density at radius 3 is 2.53 bits per heavy atom. The van der Waals surface area contributed by atoms with Crippen LogP contribution in [0.1, 0.15) is 33.3 Å². The van der Waals surface area contributed by atoms with Gasteiger partial charge in [0.2, 0.25) is 0 Å². The van der Waals surface area contributed by atoms with Gasteiger partial charge in [-0.25, -0.2) is 9.78 Å². The lowest BCUT2D eigenvalue weighted by atomic mass is 10.1. The first-order chi connectivity index (χ1) is 14.2. The highest BCUT2D eigenvalue weighted by Gasteiger charge is 2.34. The minimum Gasteiger partial charge on any atom is -0.450 e. The second-order valence-corrected chi connectivity index (χ2v) is 6.78. The number of nitrogens with one attached hydrogen (secondary N) is 2. The van der Waals surface area contributed by atoms with Crippen LogP contribution in [0.3, 0.4) is 0 Å². The molecule has 2 aromatic heterocycles. The van der Waals surface area contributed by atoms with Crippen LogP contribution in [0, 0.1) is 0 Å². The fourth-order valence-corrected chi connectivity index (χ4v) is 3.37. The van der Waals surface area contributed by atoms with Gasteiger partial charge in [0.15, 0.2) is 0 Å². The molecule has 0 spiro atoms. The van der Waals surface area contributed by atoms with Crippen LogP contribution in [-0.2, 0) is 10.9 Å². The first kappa shape index (κ1) is 21.2. The molecule has 2 heterocycles. The van der Waals surface area contributed by atoms with E-state index in [2.05, 4.69) is 15.0 Å². The van der Waals surface area contributed by atoms with Crippen LogP contribution in [0.2, 0.25) is 0 Å². The molecule has 156 valence electrons. The summed E-state index contributed by atoms with van der Waals surface area (Å²) in [6, 6.07) is 7.93. The van der Waals surface area contributed by atoms with Gasteiger partial charge in [-0.3, -0.25) is 14.9 Å². The summed E-state index contributed by atoms with van der Waals surface area (Å²) in [6.07, 6.45) is -5.70. The van der Waals surface area contributed by atoms with Gasteiger partial charge in [-0.1, -0.05) is 18.2 Å². The van der Waals surface area contributed by atoms with Crippen molar-refractivity contribution in [3.05, 3.63) is 58.6 Å². The van der Waals surface area contributed by atoms with E-state index in [9.17, 15) is 27.6 Å². The van der Waals surface area contributed by atoms with Crippen LogP contribution in [0.4, 0.5) is 23.0 Å². The molecule has 0 aliphatic heterocycles. The van der Waals surface area contributed by atoms with E-state index in [4.69, 9.17) is 0 Å². The Labute approximate surface area is 171 Å². The number of fused-ring (bicyclic) bond motifs is 1. The quantitative estimate of drug-likeness (QED) is 0.628. The molecule has 2 N–H and O–H groups in total. The number of hydrogen-bond acceptors (Lipinski definition) is 6. The first-order valence-corrected chi connectivity index (χ1v) is 9.42. The van der Waals surface area contributed by atoms with E-state index in [1.165, 1.54) is 29.6 Å². The van der Waals surface area contributed by atoms with Crippen LogP contribution in [-0.4, -0.2) is 29.5 Å². The van der Waals surface area contributed by atoms with E-state index in [-0.39, 0.29) is 33.6 Å². The second-order valence-electron chi connectivity index (χ2n) is 5.86. The Balaban J connectivity index is 1.93. The zero-order chi connectivity index (χ0) is 21.9. The highest BCUT2D eigenvalue weighted by atomic mass is 32.1. The van der Waals surface area contributed by atoms with Gasteiger partial charge >= 0.3 is 12.3 Å². The number of nitrogens with zero attached hydrogens (tertiary/aromatic N) is 1. The van der Waals surface area contributed by atoms with Crippen molar-refractivity contribution in [1.29, 1.82) is 0 Å². The highest BCUT2D eigenvalue weighted by Crippen LogP contribution is 2.32. The van der Waals surface area contributed by atoms with Crippen molar-refractivity contribution >= 4 is 45.1 Å². The van der Waals surface area contributed by atoms with Crippen molar-refractivity contribution in [2.45, 2.75) is 13.1 Å². The Morgan fingerprint density at radius 1 is 1.10 bits per heavy atom. The Hall–Kier alpha value is -3.47. The minimum absolute atomic E-state index is 0.00364. The van der Waals surface area contributed by atoms with E-state index in [1.54, 1.807) is 13.0 Å². The standard InChI is InChI=1S/C19H14F3N3O4S/c1-2-29-18(28)25-15(26)11-7-8-30-17(11)24-16(27)12-9-14(19(20,21)22)23-13-6-4-3-5-10(12)13/h3-9H,2H2,1H3,(H,24,27)(H,25,26,28). The maximum atomic E-state index is 13.2. The highest BCUT2D eigenvalue weighted by molar-refractivity contribution is 7.14. The summed E-state index contributed by atoms with van der Waals surface area (Å²) in [4.78, 5) is 40.0. The lowest BCUT2D eigenvalue weighted by Crippen LogP contribution is -2.31. The van der Waals surface area contributed by atoms with E-state index in [1.807, 2.05) is 5.32 Å². The van der Waals surface area contributed by atoms with Gasteiger partial charge in [0, 0.05) is 5.39 Å². The predicted octanol–water partition coefficient (Wildman–Crippen LogP) is 4.45. The van der Waals surface area contributed by atoms with E-state index in [0.29, 0.717) is 6.07 Å². The van der Waals surface area contributed by atoms with Crippen LogP contribution >= 0.6 is 11.3 Å². The molecule has 3 rings (SSSR count). The SMILES string of the molecule is CCOC(=O)NC(=O)c1ccsc1NC(=O)c1cc(C(F)(F)F)nc2ccccc12. The molecule has 0 saturated heterocycles. The van der Waals surface area contributed by atoms with Gasteiger partial charge < -0.3 is 10.1 Å².